The molecule has 0 spiro atoms. The quantitative estimate of drug-likeness (QED) is 0.885. The van der Waals surface area contributed by atoms with Gasteiger partial charge in [-0.1, -0.05) is 5.16 Å². The van der Waals surface area contributed by atoms with Gasteiger partial charge in [0.15, 0.2) is 0 Å². The summed E-state index contributed by atoms with van der Waals surface area (Å²) in [5.74, 6) is 1.16. The highest BCUT2D eigenvalue weighted by molar-refractivity contribution is 5.58. The maximum atomic E-state index is 12.8. The lowest BCUT2D eigenvalue weighted by Gasteiger charge is -2.19. The summed E-state index contributed by atoms with van der Waals surface area (Å²) >= 11 is 0. The topological polar surface area (TPSA) is 38.1 Å². The molecular formula is C14H15FN2O. The number of hydrogen-bond acceptors (Lipinski definition) is 3. The lowest BCUT2D eigenvalue weighted by Crippen LogP contribution is -2.26. The van der Waals surface area contributed by atoms with E-state index in [1.807, 2.05) is 6.07 Å². The van der Waals surface area contributed by atoms with Gasteiger partial charge in [-0.05, 0) is 50.2 Å². The summed E-state index contributed by atoms with van der Waals surface area (Å²) in [5, 5.41) is 7.40. The highest BCUT2D eigenvalue weighted by atomic mass is 19.1. The molecule has 1 aromatic carbocycles. The maximum Gasteiger partial charge on any atom is 0.140 e. The highest BCUT2D eigenvalue weighted by Crippen LogP contribution is 2.28. The van der Waals surface area contributed by atoms with E-state index in [1.54, 1.807) is 12.1 Å². The van der Waals surface area contributed by atoms with Crippen LogP contribution in [0.25, 0.3) is 11.3 Å². The summed E-state index contributed by atoms with van der Waals surface area (Å²) in [5.41, 5.74) is 1.67. The third kappa shape index (κ3) is 2.29. The number of rotatable bonds is 2. The van der Waals surface area contributed by atoms with Crippen molar-refractivity contribution in [2.45, 2.75) is 18.8 Å². The van der Waals surface area contributed by atoms with Crippen LogP contribution in [0, 0.1) is 5.82 Å². The molecule has 1 saturated heterocycles. The van der Waals surface area contributed by atoms with Crippen molar-refractivity contribution in [3.8, 4) is 11.3 Å². The van der Waals surface area contributed by atoms with E-state index in [-0.39, 0.29) is 5.82 Å². The van der Waals surface area contributed by atoms with E-state index in [9.17, 15) is 4.39 Å². The molecule has 1 aromatic heterocycles. The minimum atomic E-state index is -0.235. The first-order chi connectivity index (χ1) is 8.83. The van der Waals surface area contributed by atoms with E-state index in [0.29, 0.717) is 5.92 Å². The fourth-order valence-electron chi connectivity index (χ4n) is 2.34. The molecule has 0 radical (unpaired) electrons. The van der Waals surface area contributed by atoms with Crippen LogP contribution in [0.1, 0.15) is 24.5 Å². The minimum Gasteiger partial charge on any atom is -0.360 e. The van der Waals surface area contributed by atoms with Crippen LogP contribution >= 0.6 is 0 Å². The number of hydrogen-bond donors (Lipinski definition) is 1. The molecule has 1 aliphatic heterocycles. The van der Waals surface area contributed by atoms with Crippen molar-refractivity contribution in [3.05, 3.63) is 41.9 Å². The second-order valence-electron chi connectivity index (χ2n) is 4.65. The molecule has 0 unspecified atom stereocenters. The van der Waals surface area contributed by atoms with Crippen LogP contribution in [0.3, 0.4) is 0 Å². The number of nitrogens with zero attached hydrogens (tertiary/aromatic N) is 1. The van der Waals surface area contributed by atoms with Crippen LogP contribution in [-0.2, 0) is 0 Å². The first kappa shape index (κ1) is 11.4. The Hall–Kier alpha value is -1.68. The smallest absolute Gasteiger partial charge is 0.140 e. The lowest BCUT2D eigenvalue weighted by molar-refractivity contribution is 0.329. The molecule has 18 heavy (non-hydrogen) atoms. The number of aromatic nitrogens is 1. The van der Waals surface area contributed by atoms with Crippen molar-refractivity contribution < 1.29 is 8.91 Å². The summed E-state index contributed by atoms with van der Waals surface area (Å²) < 4.78 is 18.3. The predicted octanol–water partition coefficient (Wildman–Crippen LogP) is 2.95. The fraction of sp³-hybridized carbons (Fsp3) is 0.357. The van der Waals surface area contributed by atoms with Gasteiger partial charge in [0.05, 0.1) is 0 Å². The molecule has 1 N–H and O–H groups in total. The van der Waals surface area contributed by atoms with Crippen molar-refractivity contribution in [1.82, 2.24) is 10.5 Å². The second-order valence-corrected chi connectivity index (χ2v) is 4.65. The summed E-state index contributed by atoms with van der Waals surface area (Å²) in [7, 11) is 0. The van der Waals surface area contributed by atoms with Gasteiger partial charge in [0.1, 0.15) is 17.3 Å². The Morgan fingerprint density at radius 3 is 2.61 bits per heavy atom. The van der Waals surface area contributed by atoms with Crippen LogP contribution in [0.5, 0.6) is 0 Å². The van der Waals surface area contributed by atoms with E-state index in [4.69, 9.17) is 4.52 Å². The van der Waals surface area contributed by atoms with E-state index in [2.05, 4.69) is 10.5 Å². The normalized spacial score (nSPS) is 16.9. The predicted molar refractivity (Wildman–Crippen MR) is 66.7 cm³/mol. The molecule has 94 valence electrons. The van der Waals surface area contributed by atoms with E-state index >= 15 is 0 Å². The third-order valence-corrected chi connectivity index (χ3v) is 3.41. The van der Waals surface area contributed by atoms with Crippen molar-refractivity contribution in [2.75, 3.05) is 13.1 Å². The molecule has 1 fully saturated rings. The van der Waals surface area contributed by atoms with Crippen molar-refractivity contribution >= 4 is 0 Å². The molecule has 3 rings (SSSR count). The average Bonchev–Trinajstić information content (AvgIpc) is 2.90. The lowest BCUT2D eigenvalue weighted by atomic mass is 9.95. The van der Waals surface area contributed by atoms with E-state index < -0.39 is 0 Å². The van der Waals surface area contributed by atoms with Crippen LogP contribution in [0.15, 0.2) is 34.9 Å². The first-order valence-electron chi connectivity index (χ1n) is 6.26. The van der Waals surface area contributed by atoms with Gasteiger partial charge in [-0.25, -0.2) is 4.39 Å². The number of nitrogens with one attached hydrogen (secondary N) is 1. The van der Waals surface area contributed by atoms with Crippen molar-refractivity contribution in [2.24, 2.45) is 0 Å². The molecule has 3 nitrogen and oxygen atoms in total. The molecule has 2 aromatic rings. The molecule has 0 bridgehead atoms. The summed E-state index contributed by atoms with van der Waals surface area (Å²) in [6.07, 6.45) is 2.16. The minimum absolute atomic E-state index is 0.235. The fourth-order valence-corrected chi connectivity index (χ4v) is 2.34. The average molecular weight is 246 g/mol. The highest BCUT2D eigenvalue weighted by Gasteiger charge is 2.19. The number of halogens is 1. The van der Waals surface area contributed by atoms with Gasteiger partial charge in [-0.2, -0.15) is 0 Å². The molecule has 0 atom stereocenters. The van der Waals surface area contributed by atoms with Gasteiger partial charge >= 0.3 is 0 Å². The van der Waals surface area contributed by atoms with Gasteiger partial charge in [0.2, 0.25) is 0 Å². The van der Waals surface area contributed by atoms with Gasteiger partial charge in [0, 0.05) is 17.5 Å². The Balaban J connectivity index is 1.82. The summed E-state index contributed by atoms with van der Waals surface area (Å²) in [6, 6.07) is 8.30. The SMILES string of the molecule is Fc1ccc(-c2cc(C3CCNCC3)on2)cc1. The number of piperidine rings is 1. The van der Waals surface area contributed by atoms with E-state index in [1.165, 1.54) is 12.1 Å². The molecule has 4 heteroatoms. The molecular weight excluding hydrogens is 231 g/mol. The number of benzene rings is 1. The standard InChI is InChI=1S/C14H15FN2O/c15-12-3-1-10(2-4-12)13-9-14(18-17-13)11-5-7-16-8-6-11/h1-4,9,11,16H,5-8H2. The molecule has 0 aliphatic carbocycles. The zero-order valence-electron chi connectivity index (χ0n) is 10.0. The Kier molecular flexibility index (Phi) is 3.11. The van der Waals surface area contributed by atoms with Gasteiger partial charge in [-0.3, -0.25) is 0 Å². The van der Waals surface area contributed by atoms with Crippen LogP contribution < -0.4 is 5.32 Å². The van der Waals surface area contributed by atoms with Crippen LogP contribution in [0.4, 0.5) is 4.39 Å². The first-order valence-corrected chi connectivity index (χ1v) is 6.26. The monoisotopic (exact) mass is 246 g/mol. The Labute approximate surface area is 105 Å². The maximum absolute atomic E-state index is 12.8. The Morgan fingerprint density at radius 1 is 1.17 bits per heavy atom. The van der Waals surface area contributed by atoms with E-state index in [0.717, 1.165) is 42.9 Å². The Bertz CT molecular complexity index is 515. The largest absolute Gasteiger partial charge is 0.360 e. The van der Waals surface area contributed by atoms with Crippen molar-refractivity contribution in [3.63, 3.8) is 0 Å². The van der Waals surface area contributed by atoms with Crippen LogP contribution in [0.2, 0.25) is 0 Å². The Morgan fingerprint density at radius 2 is 1.89 bits per heavy atom. The third-order valence-electron chi connectivity index (χ3n) is 3.41. The summed E-state index contributed by atoms with van der Waals surface area (Å²) in [4.78, 5) is 0. The molecule has 1 aliphatic rings. The van der Waals surface area contributed by atoms with Gasteiger partial charge in [0.25, 0.3) is 0 Å². The molecule has 2 heterocycles. The summed E-state index contributed by atoms with van der Waals surface area (Å²) in [6.45, 7) is 2.05. The molecule has 0 amide bonds. The zero-order chi connectivity index (χ0) is 12.4. The second kappa shape index (κ2) is 4.90. The van der Waals surface area contributed by atoms with Gasteiger partial charge < -0.3 is 9.84 Å². The van der Waals surface area contributed by atoms with Crippen LogP contribution in [-0.4, -0.2) is 18.2 Å². The molecule has 0 saturated carbocycles. The van der Waals surface area contributed by atoms with Gasteiger partial charge in [-0.15, -0.1) is 0 Å². The van der Waals surface area contributed by atoms with Crippen molar-refractivity contribution in [1.29, 1.82) is 0 Å². The zero-order valence-corrected chi connectivity index (χ0v) is 10.0.